The molecule has 0 spiro atoms. The van der Waals surface area contributed by atoms with Crippen molar-refractivity contribution in [2.24, 2.45) is 5.73 Å². The molecule has 2 amide bonds. The van der Waals surface area contributed by atoms with E-state index in [1.54, 1.807) is 0 Å². The Morgan fingerprint density at radius 3 is 1.64 bits per heavy atom. The van der Waals surface area contributed by atoms with Crippen LogP contribution in [0, 0.1) is 0 Å². The molecule has 0 aromatic heterocycles. The standard InChI is InChI=1S/C12H24N2O8/c13-11(21)9(19)7(17)8(18)10(20)12(22)14(3-1-5-15)4-2-6-16/h7-10,15-20H,1-6H2,(H2,13,21)/t7-,8-,9-,10+/m0/s1. The smallest absolute Gasteiger partial charge is 0.254 e. The lowest BCUT2D eigenvalue weighted by molar-refractivity contribution is -0.161. The first kappa shape index (κ1) is 20.7. The Morgan fingerprint density at radius 2 is 1.27 bits per heavy atom. The highest BCUT2D eigenvalue weighted by atomic mass is 16.4. The maximum atomic E-state index is 12.0. The van der Waals surface area contributed by atoms with Crippen molar-refractivity contribution in [1.29, 1.82) is 0 Å². The first-order chi connectivity index (χ1) is 10.3. The number of amides is 2. The average Bonchev–Trinajstić information content (AvgIpc) is 2.51. The van der Waals surface area contributed by atoms with Crippen molar-refractivity contribution in [2.45, 2.75) is 37.3 Å². The van der Waals surface area contributed by atoms with E-state index in [2.05, 4.69) is 0 Å². The normalized spacial score (nSPS) is 16.6. The highest BCUT2D eigenvalue weighted by molar-refractivity contribution is 5.82. The summed E-state index contributed by atoms with van der Waals surface area (Å²) in [5.74, 6) is -2.28. The number of carbonyl (C=O) groups excluding carboxylic acids is 2. The summed E-state index contributed by atoms with van der Waals surface area (Å²) >= 11 is 0. The second-order valence-electron chi connectivity index (χ2n) is 4.75. The van der Waals surface area contributed by atoms with Crippen molar-refractivity contribution in [2.75, 3.05) is 26.3 Å². The van der Waals surface area contributed by atoms with Crippen LogP contribution in [-0.4, -0.2) is 98.1 Å². The van der Waals surface area contributed by atoms with Crippen LogP contribution in [0.15, 0.2) is 0 Å². The van der Waals surface area contributed by atoms with Crippen molar-refractivity contribution in [3.63, 3.8) is 0 Å². The summed E-state index contributed by atoms with van der Waals surface area (Å²) < 4.78 is 0. The number of hydrogen-bond acceptors (Lipinski definition) is 8. The molecule has 0 bridgehead atoms. The lowest BCUT2D eigenvalue weighted by Gasteiger charge is -2.29. The van der Waals surface area contributed by atoms with Gasteiger partial charge >= 0.3 is 0 Å². The predicted octanol–water partition coefficient (Wildman–Crippen LogP) is -4.49. The SMILES string of the molecule is NC(=O)[C@@H](O)[C@@H](O)[C@H](O)[C@@H](O)C(=O)N(CCCO)CCCO. The molecule has 4 atom stereocenters. The number of nitrogens with zero attached hydrogens (tertiary/aromatic N) is 1. The van der Waals surface area contributed by atoms with E-state index >= 15 is 0 Å². The van der Waals surface area contributed by atoms with E-state index in [0.29, 0.717) is 0 Å². The van der Waals surface area contributed by atoms with Gasteiger partial charge in [0.05, 0.1) is 0 Å². The molecule has 130 valence electrons. The van der Waals surface area contributed by atoms with Gasteiger partial charge in [0.25, 0.3) is 5.91 Å². The van der Waals surface area contributed by atoms with Crippen LogP contribution < -0.4 is 5.73 Å². The van der Waals surface area contributed by atoms with Crippen LogP contribution in [0.4, 0.5) is 0 Å². The Balaban J connectivity index is 4.84. The molecule has 0 aliphatic heterocycles. The summed E-state index contributed by atoms with van der Waals surface area (Å²) in [4.78, 5) is 23.8. The zero-order chi connectivity index (χ0) is 17.3. The van der Waals surface area contributed by atoms with Crippen LogP contribution in [0.1, 0.15) is 12.8 Å². The van der Waals surface area contributed by atoms with Crippen molar-refractivity contribution in [1.82, 2.24) is 4.90 Å². The molecule has 0 fully saturated rings. The molecule has 0 heterocycles. The molecule has 0 radical (unpaired) electrons. The van der Waals surface area contributed by atoms with E-state index in [0.717, 1.165) is 4.90 Å². The molecule has 0 saturated carbocycles. The van der Waals surface area contributed by atoms with Gasteiger partial charge in [0.1, 0.15) is 12.2 Å². The van der Waals surface area contributed by atoms with Crippen molar-refractivity contribution in [3.05, 3.63) is 0 Å². The second kappa shape index (κ2) is 10.4. The van der Waals surface area contributed by atoms with E-state index in [9.17, 15) is 30.0 Å². The topological polar surface area (TPSA) is 185 Å². The van der Waals surface area contributed by atoms with Crippen LogP contribution in [0.25, 0.3) is 0 Å². The van der Waals surface area contributed by atoms with Gasteiger partial charge in [-0.1, -0.05) is 0 Å². The van der Waals surface area contributed by atoms with Crippen molar-refractivity contribution < 1.29 is 40.2 Å². The number of nitrogens with two attached hydrogens (primary N) is 1. The van der Waals surface area contributed by atoms with Crippen LogP contribution >= 0.6 is 0 Å². The molecular formula is C12H24N2O8. The largest absolute Gasteiger partial charge is 0.396 e. The molecule has 0 aromatic carbocycles. The summed E-state index contributed by atoms with van der Waals surface area (Å²) in [7, 11) is 0. The van der Waals surface area contributed by atoms with Gasteiger partial charge in [0, 0.05) is 26.3 Å². The van der Waals surface area contributed by atoms with Gasteiger partial charge in [-0.2, -0.15) is 0 Å². The number of rotatable bonds is 11. The molecule has 10 nitrogen and oxygen atoms in total. The monoisotopic (exact) mass is 324 g/mol. The van der Waals surface area contributed by atoms with E-state index in [4.69, 9.17) is 15.9 Å². The predicted molar refractivity (Wildman–Crippen MR) is 73.2 cm³/mol. The summed E-state index contributed by atoms with van der Waals surface area (Å²) in [6.45, 7) is -0.281. The van der Waals surface area contributed by atoms with Gasteiger partial charge in [-0.25, -0.2) is 0 Å². The van der Waals surface area contributed by atoms with Gasteiger partial charge in [-0.3, -0.25) is 9.59 Å². The van der Waals surface area contributed by atoms with E-state index in [-0.39, 0.29) is 39.1 Å². The van der Waals surface area contributed by atoms with Crippen LogP contribution in [-0.2, 0) is 9.59 Å². The molecule has 0 unspecified atom stereocenters. The molecule has 0 aliphatic carbocycles. The lowest BCUT2D eigenvalue weighted by atomic mass is 10.0. The fourth-order valence-corrected chi connectivity index (χ4v) is 1.73. The van der Waals surface area contributed by atoms with Gasteiger partial charge in [0.15, 0.2) is 12.2 Å². The molecule has 0 aliphatic rings. The summed E-state index contributed by atoms with van der Waals surface area (Å²) in [6.07, 6.45) is -8.06. The molecule has 0 aromatic rings. The average molecular weight is 324 g/mol. The highest BCUT2D eigenvalue weighted by Gasteiger charge is 2.38. The minimum Gasteiger partial charge on any atom is -0.396 e. The quantitative estimate of drug-likeness (QED) is 0.198. The minimum absolute atomic E-state index is 0.0631. The Bertz CT molecular complexity index is 346. The third-order valence-corrected chi connectivity index (χ3v) is 3.03. The Labute approximate surface area is 127 Å². The Morgan fingerprint density at radius 1 is 0.864 bits per heavy atom. The maximum absolute atomic E-state index is 12.0. The minimum atomic E-state index is -2.14. The first-order valence-corrected chi connectivity index (χ1v) is 6.80. The van der Waals surface area contributed by atoms with Crippen molar-refractivity contribution >= 4 is 11.8 Å². The fraction of sp³-hybridized carbons (Fsp3) is 0.833. The second-order valence-corrected chi connectivity index (χ2v) is 4.75. The molecule has 10 heteroatoms. The third kappa shape index (κ3) is 6.22. The van der Waals surface area contributed by atoms with Gasteiger partial charge in [0.2, 0.25) is 5.91 Å². The Hall–Kier alpha value is -1.30. The number of aliphatic hydroxyl groups excluding tert-OH is 6. The summed E-state index contributed by atoms with van der Waals surface area (Å²) in [5, 5.41) is 55.7. The zero-order valence-electron chi connectivity index (χ0n) is 12.1. The Kier molecular flexibility index (Phi) is 9.81. The van der Waals surface area contributed by atoms with E-state index < -0.39 is 36.2 Å². The van der Waals surface area contributed by atoms with Gasteiger partial charge < -0.3 is 41.3 Å². The lowest BCUT2D eigenvalue weighted by Crippen LogP contribution is -2.54. The highest BCUT2D eigenvalue weighted by Crippen LogP contribution is 2.09. The number of carbonyl (C=O) groups is 2. The van der Waals surface area contributed by atoms with Gasteiger partial charge in [-0.05, 0) is 12.8 Å². The number of hydrogen-bond donors (Lipinski definition) is 7. The fourth-order valence-electron chi connectivity index (χ4n) is 1.73. The molecule has 0 rings (SSSR count). The van der Waals surface area contributed by atoms with E-state index in [1.165, 1.54) is 0 Å². The number of primary amides is 1. The molecular weight excluding hydrogens is 300 g/mol. The zero-order valence-corrected chi connectivity index (χ0v) is 12.1. The van der Waals surface area contributed by atoms with Crippen LogP contribution in [0.3, 0.4) is 0 Å². The summed E-state index contributed by atoms with van der Waals surface area (Å²) in [6, 6.07) is 0. The van der Waals surface area contributed by atoms with Crippen LogP contribution in [0.5, 0.6) is 0 Å². The van der Waals surface area contributed by atoms with E-state index in [1.807, 2.05) is 0 Å². The maximum Gasteiger partial charge on any atom is 0.254 e. The molecule has 8 N–H and O–H groups in total. The van der Waals surface area contributed by atoms with Crippen LogP contribution in [0.2, 0.25) is 0 Å². The van der Waals surface area contributed by atoms with Crippen molar-refractivity contribution in [3.8, 4) is 0 Å². The summed E-state index contributed by atoms with van der Waals surface area (Å²) in [5.41, 5.74) is 4.75. The molecule has 0 saturated heterocycles. The third-order valence-electron chi connectivity index (χ3n) is 3.03. The van der Waals surface area contributed by atoms with Gasteiger partial charge in [-0.15, -0.1) is 0 Å². The first-order valence-electron chi connectivity index (χ1n) is 6.80. The number of aliphatic hydroxyl groups is 6. The molecule has 22 heavy (non-hydrogen) atoms.